The highest BCUT2D eigenvalue weighted by atomic mass is 16.5. The van der Waals surface area contributed by atoms with Crippen LogP contribution in [0.5, 0.6) is 11.5 Å². The zero-order valence-electron chi connectivity index (χ0n) is 18.3. The van der Waals surface area contributed by atoms with Gasteiger partial charge in [0.15, 0.2) is 0 Å². The highest BCUT2D eigenvalue weighted by molar-refractivity contribution is 5.71. The number of esters is 1. The lowest BCUT2D eigenvalue weighted by molar-refractivity contribution is -0.148. The summed E-state index contributed by atoms with van der Waals surface area (Å²) in [5, 5.41) is 0. The molecule has 3 rings (SSSR count). The number of rotatable bonds is 9. The predicted octanol–water partition coefficient (Wildman–Crippen LogP) is 4.82. The molecule has 0 aliphatic heterocycles. The van der Waals surface area contributed by atoms with E-state index in [1.807, 2.05) is 78.9 Å². The van der Waals surface area contributed by atoms with Crippen LogP contribution in [0.1, 0.15) is 23.6 Å². The first-order valence-electron chi connectivity index (χ1n) is 10.1. The molecule has 1 atom stereocenters. The van der Waals surface area contributed by atoms with Crippen LogP contribution in [0.2, 0.25) is 0 Å². The van der Waals surface area contributed by atoms with Crippen LogP contribution in [0.4, 0.5) is 0 Å². The maximum Gasteiger partial charge on any atom is 0.310 e. The molecule has 0 aliphatic rings. The van der Waals surface area contributed by atoms with Crippen LogP contribution in [0.15, 0.2) is 78.9 Å². The van der Waals surface area contributed by atoms with Gasteiger partial charge in [0.05, 0.1) is 33.9 Å². The van der Waals surface area contributed by atoms with Crippen molar-refractivity contribution in [3.63, 3.8) is 0 Å². The molecule has 0 aliphatic carbocycles. The van der Waals surface area contributed by atoms with E-state index in [1.165, 1.54) is 7.11 Å². The van der Waals surface area contributed by atoms with Gasteiger partial charge >= 0.3 is 5.97 Å². The van der Waals surface area contributed by atoms with Crippen molar-refractivity contribution < 1.29 is 23.7 Å². The van der Waals surface area contributed by atoms with Crippen molar-refractivity contribution in [1.29, 1.82) is 0 Å². The summed E-state index contributed by atoms with van der Waals surface area (Å²) in [6.07, 6.45) is 0. The van der Waals surface area contributed by atoms with E-state index >= 15 is 0 Å². The number of carbonyl (C=O) groups excluding carboxylic acids is 1. The van der Waals surface area contributed by atoms with Gasteiger partial charge in [-0.1, -0.05) is 54.6 Å². The fourth-order valence-corrected chi connectivity index (χ4v) is 3.59. The first-order chi connectivity index (χ1) is 15.0. The normalized spacial score (nSPS) is 12.1. The monoisotopic (exact) mass is 420 g/mol. The molecule has 31 heavy (non-hydrogen) atoms. The maximum absolute atomic E-state index is 12.1. The Bertz CT molecular complexity index is 917. The van der Waals surface area contributed by atoms with Crippen LogP contribution in [0, 0.1) is 5.92 Å². The molecule has 0 saturated heterocycles. The third-order valence-corrected chi connectivity index (χ3v) is 5.33. The molecule has 3 aromatic rings. The van der Waals surface area contributed by atoms with Gasteiger partial charge in [0, 0.05) is 0 Å². The molecule has 5 heteroatoms. The first-order valence-corrected chi connectivity index (χ1v) is 10.1. The Morgan fingerprint density at radius 1 is 0.742 bits per heavy atom. The van der Waals surface area contributed by atoms with Crippen molar-refractivity contribution >= 4 is 5.97 Å². The Hall–Kier alpha value is -3.31. The number of benzene rings is 3. The molecule has 0 heterocycles. The molecule has 0 radical (unpaired) electrons. The van der Waals surface area contributed by atoms with Crippen molar-refractivity contribution in [3.05, 3.63) is 95.6 Å². The van der Waals surface area contributed by atoms with E-state index in [1.54, 1.807) is 21.1 Å². The summed E-state index contributed by atoms with van der Waals surface area (Å²) >= 11 is 0. The Balaban J connectivity index is 2.19. The molecule has 0 aromatic heterocycles. The van der Waals surface area contributed by atoms with E-state index in [0.717, 1.165) is 28.2 Å². The maximum atomic E-state index is 12.1. The number of ether oxygens (including phenoxy) is 4. The minimum atomic E-state index is -0.942. The Labute approximate surface area is 183 Å². The lowest BCUT2D eigenvalue weighted by Gasteiger charge is -2.36. The fourth-order valence-electron chi connectivity index (χ4n) is 3.59. The van der Waals surface area contributed by atoms with Crippen LogP contribution >= 0.6 is 0 Å². The van der Waals surface area contributed by atoms with Crippen molar-refractivity contribution in [2.24, 2.45) is 5.92 Å². The molecule has 1 unspecified atom stereocenters. The Kier molecular flexibility index (Phi) is 7.32. The van der Waals surface area contributed by atoms with E-state index in [4.69, 9.17) is 18.9 Å². The molecule has 5 nitrogen and oxygen atoms in total. The molecule has 0 fully saturated rings. The first kappa shape index (κ1) is 22.4. The zero-order chi connectivity index (χ0) is 22.3. The standard InChI is InChI=1S/C26H28O5/c1-19(25(27)30-4)18-31-26(20-8-6-5-7-9-20,21-10-14-23(28-2)15-11-21)22-12-16-24(29-3)17-13-22/h5-17,19H,18H2,1-4H3. The summed E-state index contributed by atoms with van der Waals surface area (Å²) in [6.45, 7) is 1.98. The summed E-state index contributed by atoms with van der Waals surface area (Å²) in [4.78, 5) is 12.1. The summed E-state index contributed by atoms with van der Waals surface area (Å²) in [5.74, 6) is 0.766. The van der Waals surface area contributed by atoms with Gasteiger partial charge < -0.3 is 18.9 Å². The number of carbonyl (C=O) groups is 1. The SMILES string of the molecule is COC(=O)C(C)COC(c1ccccc1)(c1ccc(OC)cc1)c1ccc(OC)cc1. The van der Waals surface area contributed by atoms with Gasteiger partial charge in [0.2, 0.25) is 0 Å². The number of hydrogen-bond acceptors (Lipinski definition) is 5. The van der Waals surface area contributed by atoms with Gasteiger partial charge in [0.1, 0.15) is 17.1 Å². The van der Waals surface area contributed by atoms with Crippen molar-refractivity contribution in [2.45, 2.75) is 12.5 Å². The second-order valence-electron chi connectivity index (χ2n) is 7.24. The summed E-state index contributed by atoms with van der Waals surface area (Å²) in [5.41, 5.74) is 1.84. The lowest BCUT2D eigenvalue weighted by Crippen LogP contribution is -2.35. The lowest BCUT2D eigenvalue weighted by atomic mass is 9.80. The molecule has 3 aromatic carbocycles. The average molecular weight is 421 g/mol. The Morgan fingerprint density at radius 3 is 1.61 bits per heavy atom. The second kappa shape index (κ2) is 10.1. The van der Waals surface area contributed by atoms with Gasteiger partial charge in [-0.25, -0.2) is 0 Å². The molecule has 0 saturated carbocycles. The molecule has 0 N–H and O–H groups in total. The van der Waals surface area contributed by atoms with Crippen molar-refractivity contribution in [3.8, 4) is 11.5 Å². The van der Waals surface area contributed by atoms with Gasteiger partial charge in [-0.2, -0.15) is 0 Å². The minimum Gasteiger partial charge on any atom is -0.497 e. The van der Waals surface area contributed by atoms with Gasteiger partial charge in [-0.05, 0) is 47.9 Å². The molecule has 0 bridgehead atoms. The fraction of sp³-hybridized carbons (Fsp3) is 0.269. The molecule has 162 valence electrons. The third kappa shape index (κ3) is 4.72. The smallest absolute Gasteiger partial charge is 0.310 e. The van der Waals surface area contributed by atoms with Crippen LogP contribution in [0.3, 0.4) is 0 Å². The van der Waals surface area contributed by atoms with Crippen LogP contribution < -0.4 is 9.47 Å². The number of hydrogen-bond donors (Lipinski definition) is 0. The third-order valence-electron chi connectivity index (χ3n) is 5.33. The van der Waals surface area contributed by atoms with Crippen LogP contribution in [-0.4, -0.2) is 33.9 Å². The summed E-state index contributed by atoms with van der Waals surface area (Å²) in [6, 6.07) is 25.5. The van der Waals surface area contributed by atoms with Gasteiger partial charge in [0.25, 0.3) is 0 Å². The molecular formula is C26H28O5. The number of methoxy groups -OCH3 is 3. The largest absolute Gasteiger partial charge is 0.497 e. The van der Waals surface area contributed by atoms with Gasteiger partial charge in [-0.3, -0.25) is 4.79 Å². The highest BCUT2D eigenvalue weighted by Crippen LogP contribution is 2.42. The van der Waals surface area contributed by atoms with E-state index in [-0.39, 0.29) is 12.6 Å². The summed E-state index contributed by atoms with van der Waals surface area (Å²) in [7, 11) is 4.66. The van der Waals surface area contributed by atoms with Crippen LogP contribution in [-0.2, 0) is 19.9 Å². The highest BCUT2D eigenvalue weighted by Gasteiger charge is 2.38. The van der Waals surface area contributed by atoms with E-state index < -0.39 is 11.5 Å². The predicted molar refractivity (Wildman–Crippen MR) is 119 cm³/mol. The molecule has 0 amide bonds. The second-order valence-corrected chi connectivity index (χ2v) is 7.24. The zero-order valence-corrected chi connectivity index (χ0v) is 18.3. The van der Waals surface area contributed by atoms with Crippen molar-refractivity contribution in [2.75, 3.05) is 27.9 Å². The Morgan fingerprint density at radius 2 is 1.19 bits per heavy atom. The quantitative estimate of drug-likeness (QED) is 0.367. The van der Waals surface area contributed by atoms with Gasteiger partial charge in [-0.15, -0.1) is 0 Å². The molecular weight excluding hydrogens is 392 g/mol. The van der Waals surface area contributed by atoms with E-state index in [9.17, 15) is 4.79 Å². The van der Waals surface area contributed by atoms with E-state index in [0.29, 0.717) is 0 Å². The van der Waals surface area contributed by atoms with E-state index in [2.05, 4.69) is 0 Å². The molecule has 0 spiro atoms. The van der Waals surface area contributed by atoms with Crippen molar-refractivity contribution in [1.82, 2.24) is 0 Å². The summed E-state index contributed by atoms with van der Waals surface area (Å²) < 4.78 is 22.2. The minimum absolute atomic E-state index is 0.180. The topological polar surface area (TPSA) is 54.0 Å². The van der Waals surface area contributed by atoms with Crippen LogP contribution in [0.25, 0.3) is 0 Å². The average Bonchev–Trinajstić information content (AvgIpc) is 2.85.